The summed E-state index contributed by atoms with van der Waals surface area (Å²) in [5, 5.41) is 6.89. The number of nitrogens with one attached hydrogen (secondary N) is 1. The van der Waals surface area contributed by atoms with E-state index in [2.05, 4.69) is 11.9 Å². The molecule has 0 fully saturated rings. The molecule has 1 unspecified atom stereocenters. The van der Waals surface area contributed by atoms with Crippen molar-refractivity contribution in [1.29, 1.82) is 0 Å². The van der Waals surface area contributed by atoms with E-state index in [1.807, 2.05) is 31.0 Å². The summed E-state index contributed by atoms with van der Waals surface area (Å²) in [4.78, 5) is 0.290. The molecule has 0 aliphatic carbocycles. The van der Waals surface area contributed by atoms with Gasteiger partial charge in [-0.25, -0.2) is 13.4 Å². The molecule has 6 nitrogen and oxygen atoms in total. The van der Waals surface area contributed by atoms with Crippen LogP contribution in [0.5, 0.6) is 0 Å². The second-order valence-corrected chi connectivity index (χ2v) is 6.83. The minimum atomic E-state index is -3.47. The van der Waals surface area contributed by atoms with E-state index < -0.39 is 10.0 Å². The molecule has 1 aromatic carbocycles. The Balaban J connectivity index is 2.65. The first kappa shape index (κ1) is 17.6. The molecule has 0 saturated carbocycles. The van der Waals surface area contributed by atoms with E-state index in [0.29, 0.717) is 4.90 Å². The Bertz CT molecular complexity index is 547. The Morgan fingerprint density at radius 2 is 1.81 bits per heavy atom. The number of hydrazine groups is 1. The van der Waals surface area contributed by atoms with Gasteiger partial charge in [0.15, 0.2) is 0 Å². The largest absolute Gasteiger partial charge is 0.316 e. The minimum Gasteiger partial charge on any atom is -0.316 e. The van der Waals surface area contributed by atoms with Gasteiger partial charge in [-0.05, 0) is 19.1 Å². The van der Waals surface area contributed by atoms with Gasteiger partial charge in [0.05, 0.1) is 17.7 Å². The van der Waals surface area contributed by atoms with Crippen molar-refractivity contribution in [2.75, 3.05) is 27.8 Å². The van der Waals surface area contributed by atoms with Gasteiger partial charge in [0, 0.05) is 27.3 Å². The number of rotatable bonds is 8. The average Bonchev–Trinajstić information content (AvgIpc) is 2.51. The zero-order chi connectivity index (χ0) is 16.0. The number of nitrogens with zero attached hydrogens (tertiary/aromatic N) is 3. The molecule has 7 heteroatoms. The first-order valence-electron chi connectivity index (χ1n) is 6.63. The summed E-state index contributed by atoms with van der Waals surface area (Å²) >= 11 is 0. The number of hydrogen-bond acceptors (Lipinski definition) is 5. The van der Waals surface area contributed by atoms with E-state index in [-0.39, 0.29) is 12.8 Å². The van der Waals surface area contributed by atoms with E-state index in [0.717, 1.165) is 0 Å². The fraction of sp³-hybridized carbons (Fsp3) is 0.429. The fourth-order valence-corrected chi connectivity index (χ4v) is 2.76. The van der Waals surface area contributed by atoms with Crippen LogP contribution >= 0.6 is 0 Å². The van der Waals surface area contributed by atoms with Crippen LogP contribution in [0.3, 0.4) is 0 Å². The van der Waals surface area contributed by atoms with Gasteiger partial charge in [0.2, 0.25) is 10.0 Å². The number of hydrogen-bond donors (Lipinski definition) is 1. The summed E-state index contributed by atoms with van der Waals surface area (Å²) in [6, 6.07) is 8.40. The molecular formula is C14H24N4O2S. The van der Waals surface area contributed by atoms with Gasteiger partial charge < -0.3 is 5.01 Å². The van der Waals surface area contributed by atoms with Crippen molar-refractivity contribution in [3.05, 3.63) is 43.1 Å². The molecule has 21 heavy (non-hydrogen) atoms. The Morgan fingerprint density at radius 1 is 1.24 bits per heavy atom. The number of benzene rings is 1. The van der Waals surface area contributed by atoms with Gasteiger partial charge in [0.1, 0.15) is 0 Å². The third-order valence-corrected chi connectivity index (χ3v) is 5.20. The third kappa shape index (κ3) is 4.53. The molecule has 0 radical (unpaired) electrons. The normalized spacial score (nSPS) is 13.4. The molecule has 1 N–H and O–H groups in total. The van der Waals surface area contributed by atoms with E-state index in [1.165, 1.54) is 4.31 Å². The van der Waals surface area contributed by atoms with Crippen molar-refractivity contribution < 1.29 is 8.42 Å². The average molecular weight is 312 g/mol. The summed E-state index contributed by atoms with van der Waals surface area (Å²) in [6.45, 7) is 5.85. The first-order valence-corrected chi connectivity index (χ1v) is 8.07. The van der Waals surface area contributed by atoms with E-state index in [1.54, 1.807) is 43.6 Å². The summed E-state index contributed by atoms with van der Waals surface area (Å²) in [6.07, 6.45) is 1.64. The second kappa shape index (κ2) is 7.56. The lowest BCUT2D eigenvalue weighted by Crippen LogP contribution is -2.50. The highest BCUT2D eigenvalue weighted by Gasteiger charge is 2.21. The maximum Gasteiger partial charge on any atom is 0.243 e. The smallest absolute Gasteiger partial charge is 0.243 e. The molecule has 0 saturated heterocycles. The van der Waals surface area contributed by atoms with Gasteiger partial charge in [-0.1, -0.05) is 24.8 Å². The highest BCUT2D eigenvalue weighted by atomic mass is 32.2. The quantitative estimate of drug-likeness (QED) is 0.576. The molecule has 0 aliphatic rings. The van der Waals surface area contributed by atoms with Crippen molar-refractivity contribution in [1.82, 2.24) is 19.6 Å². The Morgan fingerprint density at radius 3 is 2.33 bits per heavy atom. The zero-order valence-corrected chi connectivity index (χ0v) is 13.8. The summed E-state index contributed by atoms with van der Waals surface area (Å²) in [5.74, 6) is 0. The molecule has 118 valence electrons. The van der Waals surface area contributed by atoms with Crippen LogP contribution in [-0.4, -0.2) is 56.7 Å². The van der Waals surface area contributed by atoms with Crippen molar-refractivity contribution in [2.45, 2.75) is 18.0 Å². The zero-order valence-electron chi connectivity index (χ0n) is 13.0. The van der Waals surface area contributed by atoms with Crippen LogP contribution < -0.4 is 5.32 Å². The standard InChI is InChI=1S/C14H24N4O2S/c1-6-16(3)18(5)13(2)15-12-17(4)21(19,20)14-10-8-7-9-11-14/h6-11,13,15H,1,12H2,2-5H3. The maximum atomic E-state index is 12.4. The van der Waals surface area contributed by atoms with Crippen molar-refractivity contribution in [3.63, 3.8) is 0 Å². The van der Waals surface area contributed by atoms with Crippen LogP contribution in [0, 0.1) is 0 Å². The van der Waals surface area contributed by atoms with Gasteiger partial charge in [0.25, 0.3) is 0 Å². The fourth-order valence-electron chi connectivity index (χ4n) is 1.65. The highest BCUT2D eigenvalue weighted by Crippen LogP contribution is 2.12. The lowest BCUT2D eigenvalue weighted by Gasteiger charge is -2.33. The van der Waals surface area contributed by atoms with Crippen molar-refractivity contribution in [2.24, 2.45) is 0 Å². The first-order chi connectivity index (χ1) is 9.80. The van der Waals surface area contributed by atoms with Crippen molar-refractivity contribution >= 4 is 10.0 Å². The minimum absolute atomic E-state index is 0.0403. The van der Waals surface area contributed by atoms with Gasteiger partial charge >= 0.3 is 0 Å². The predicted octanol–water partition coefficient (Wildman–Crippen LogP) is 1.12. The molecule has 1 rings (SSSR count). The lowest BCUT2D eigenvalue weighted by molar-refractivity contribution is 0.0204. The summed E-state index contributed by atoms with van der Waals surface area (Å²) in [5.41, 5.74) is 0. The molecule has 0 spiro atoms. The van der Waals surface area contributed by atoms with Crippen LogP contribution in [0.15, 0.2) is 48.0 Å². The Kier molecular flexibility index (Phi) is 6.35. The van der Waals surface area contributed by atoms with Gasteiger partial charge in [-0.15, -0.1) is 0 Å². The van der Waals surface area contributed by atoms with E-state index in [4.69, 9.17) is 0 Å². The molecule has 1 atom stereocenters. The highest BCUT2D eigenvalue weighted by molar-refractivity contribution is 7.89. The van der Waals surface area contributed by atoms with Crippen LogP contribution in [-0.2, 0) is 10.0 Å². The van der Waals surface area contributed by atoms with Crippen LogP contribution in [0.4, 0.5) is 0 Å². The molecule has 0 heterocycles. The molecular weight excluding hydrogens is 288 g/mol. The molecule has 0 aromatic heterocycles. The SMILES string of the molecule is C=CN(C)N(C)C(C)NCN(C)S(=O)(=O)c1ccccc1. The monoisotopic (exact) mass is 312 g/mol. The number of sulfonamides is 1. The summed E-state index contributed by atoms with van der Waals surface area (Å²) < 4.78 is 26.0. The third-order valence-electron chi connectivity index (χ3n) is 3.38. The molecule has 0 bridgehead atoms. The Hall–Kier alpha value is -1.41. The molecule has 1 aromatic rings. The van der Waals surface area contributed by atoms with Crippen molar-refractivity contribution in [3.8, 4) is 0 Å². The topological polar surface area (TPSA) is 55.9 Å². The summed E-state index contributed by atoms with van der Waals surface area (Å²) in [7, 11) is 1.85. The second-order valence-electron chi connectivity index (χ2n) is 4.78. The van der Waals surface area contributed by atoms with E-state index in [9.17, 15) is 8.42 Å². The Labute approximate surface area is 127 Å². The molecule has 0 aliphatic heterocycles. The predicted molar refractivity (Wildman–Crippen MR) is 84.6 cm³/mol. The van der Waals surface area contributed by atoms with Crippen LogP contribution in [0.2, 0.25) is 0 Å². The van der Waals surface area contributed by atoms with E-state index >= 15 is 0 Å². The van der Waals surface area contributed by atoms with Gasteiger partial charge in [-0.2, -0.15) is 4.31 Å². The lowest BCUT2D eigenvalue weighted by atomic mass is 10.4. The maximum absolute atomic E-state index is 12.4. The van der Waals surface area contributed by atoms with Crippen LogP contribution in [0.25, 0.3) is 0 Å². The van der Waals surface area contributed by atoms with Crippen LogP contribution in [0.1, 0.15) is 6.92 Å². The van der Waals surface area contributed by atoms with Gasteiger partial charge in [-0.3, -0.25) is 5.32 Å². The molecule has 0 amide bonds.